The molecule has 1 aliphatic rings. The van der Waals surface area contributed by atoms with Crippen molar-refractivity contribution in [3.63, 3.8) is 0 Å². The summed E-state index contributed by atoms with van der Waals surface area (Å²) in [5.74, 6) is 0. The van der Waals surface area contributed by atoms with E-state index in [0.29, 0.717) is 0 Å². The monoisotopic (exact) mass is 927 g/mol. The van der Waals surface area contributed by atoms with Crippen LogP contribution in [0.3, 0.4) is 0 Å². The first kappa shape index (κ1) is 50.6. The molecule has 1 heterocycles. The molecule has 8 atom stereocenters. The summed E-state index contributed by atoms with van der Waals surface area (Å²) in [6.07, 6.45) is -7.18. The van der Waals surface area contributed by atoms with E-state index in [0.717, 1.165) is 27.8 Å². The van der Waals surface area contributed by atoms with E-state index < -0.39 is 57.3 Å². The van der Waals surface area contributed by atoms with E-state index in [2.05, 4.69) is 10.0 Å². The summed E-state index contributed by atoms with van der Waals surface area (Å²) in [7, 11) is -4.80. The van der Waals surface area contributed by atoms with Crippen LogP contribution in [0, 0.1) is 0 Å². The van der Waals surface area contributed by atoms with Crippen molar-refractivity contribution in [2.24, 2.45) is 5.11 Å². The Bertz CT molecular complexity index is 2160. The predicted molar refractivity (Wildman–Crippen MR) is 243 cm³/mol. The molecule has 0 amide bonds. The fourth-order valence-electron chi connectivity index (χ4n) is 7.00. The van der Waals surface area contributed by atoms with Crippen LogP contribution in [-0.4, -0.2) is 99.1 Å². The van der Waals surface area contributed by atoms with Gasteiger partial charge in [-0.15, -0.1) is 0 Å². The van der Waals surface area contributed by atoms with Crippen molar-refractivity contribution < 1.29 is 61.5 Å². The summed E-state index contributed by atoms with van der Waals surface area (Å²) in [5, 5.41) is 14.3. The van der Waals surface area contributed by atoms with Gasteiger partial charge < -0.3 is 47.9 Å². The third-order valence-corrected chi connectivity index (χ3v) is 11.3. The van der Waals surface area contributed by atoms with Gasteiger partial charge in [0.05, 0.1) is 72.7 Å². The maximum absolute atomic E-state index is 13.6. The molecule has 5 unspecified atom stereocenters. The first-order valence-corrected chi connectivity index (χ1v) is 23.3. The number of hydrogen-bond donors (Lipinski definition) is 2. The number of aliphatic hydroxyl groups is 1. The van der Waals surface area contributed by atoms with E-state index in [1.165, 1.54) is 0 Å². The number of phosphoric acid groups is 1. The quantitative estimate of drug-likeness (QED) is 0.0142. The second-order valence-electron chi connectivity index (χ2n) is 15.2. The summed E-state index contributed by atoms with van der Waals surface area (Å²) in [5.41, 5.74) is 12.9. The molecule has 5 aromatic rings. The number of azide groups is 1. The van der Waals surface area contributed by atoms with Crippen LogP contribution in [0.25, 0.3) is 10.4 Å². The zero-order chi connectivity index (χ0) is 46.1. The van der Waals surface area contributed by atoms with E-state index in [1.54, 1.807) is 0 Å². The van der Waals surface area contributed by atoms with Gasteiger partial charge in [-0.1, -0.05) is 157 Å². The Morgan fingerprint density at radius 2 is 1.11 bits per heavy atom. The molecule has 6 rings (SSSR count). The lowest BCUT2D eigenvalue weighted by molar-refractivity contribution is -0.222. The smallest absolute Gasteiger partial charge is 0.394 e. The van der Waals surface area contributed by atoms with Crippen LogP contribution in [0.4, 0.5) is 0 Å². The maximum Gasteiger partial charge on any atom is 0.472 e. The molecule has 352 valence electrons. The molecule has 16 nitrogen and oxygen atoms in total. The molecule has 17 heteroatoms. The molecule has 0 bridgehead atoms. The van der Waals surface area contributed by atoms with Gasteiger partial charge in [0, 0.05) is 11.5 Å². The first-order valence-electron chi connectivity index (χ1n) is 21.8. The van der Waals surface area contributed by atoms with Crippen molar-refractivity contribution in [3.05, 3.63) is 190 Å². The highest BCUT2D eigenvalue weighted by Crippen LogP contribution is 2.48. The van der Waals surface area contributed by atoms with Gasteiger partial charge in [-0.2, -0.15) is 0 Å². The molecule has 0 spiro atoms. The molecule has 2 N–H and O–H groups in total. The Balaban J connectivity index is 1.27. The Morgan fingerprint density at radius 1 is 0.606 bits per heavy atom. The standard InChI is InChI=1S/C49H58N3O13P/c50-52-51-26-27-56-28-29-63-66(54,55)65-47-45(36-57-31-38-16-6-1-7-17-38)64-49(48(47)61-35-42-24-14-5-15-25-42)62-37-44(59-33-40-20-10-3-11-21-40)46(60-34-41-22-12-4-13-23-41)43(30-53)58-32-39-18-8-2-9-19-39/h1-25,43-49,53H,26-37H2,(H,54,55)/t43?,44?,45-,46?,47+,48?,49-/m1/s1. The van der Waals surface area contributed by atoms with Crippen LogP contribution in [0.2, 0.25) is 0 Å². The van der Waals surface area contributed by atoms with E-state index >= 15 is 0 Å². The minimum atomic E-state index is -4.80. The highest BCUT2D eigenvalue weighted by Gasteiger charge is 2.51. The Morgan fingerprint density at radius 3 is 1.64 bits per heavy atom. The molecule has 1 fully saturated rings. The Hall–Kier alpha value is -4.84. The van der Waals surface area contributed by atoms with Crippen molar-refractivity contribution >= 4 is 7.82 Å². The predicted octanol–water partition coefficient (Wildman–Crippen LogP) is 8.11. The van der Waals surface area contributed by atoms with Gasteiger partial charge in [-0.05, 0) is 33.3 Å². The van der Waals surface area contributed by atoms with Gasteiger partial charge >= 0.3 is 7.82 Å². The molecular formula is C49H58N3O13P. The second-order valence-corrected chi connectivity index (χ2v) is 16.6. The van der Waals surface area contributed by atoms with Gasteiger partial charge in [0.1, 0.15) is 36.6 Å². The van der Waals surface area contributed by atoms with Crippen LogP contribution in [0.15, 0.2) is 157 Å². The summed E-state index contributed by atoms with van der Waals surface area (Å²) in [6, 6.07) is 47.8. The molecule has 66 heavy (non-hydrogen) atoms. The molecule has 0 aromatic heterocycles. The lowest BCUT2D eigenvalue weighted by atomic mass is 10.1. The molecule has 1 aliphatic heterocycles. The van der Waals surface area contributed by atoms with E-state index in [-0.39, 0.29) is 72.6 Å². The zero-order valence-corrected chi connectivity index (χ0v) is 37.5. The molecular weight excluding hydrogens is 870 g/mol. The molecule has 1 saturated heterocycles. The number of aliphatic hydroxyl groups excluding tert-OH is 1. The van der Waals surface area contributed by atoms with Crippen LogP contribution in [0.5, 0.6) is 0 Å². The van der Waals surface area contributed by atoms with Gasteiger partial charge in [0.2, 0.25) is 0 Å². The number of nitrogens with zero attached hydrogens (tertiary/aromatic N) is 3. The third-order valence-electron chi connectivity index (χ3n) is 10.3. The topological polar surface area (TPSA) is 199 Å². The molecule has 0 aliphatic carbocycles. The van der Waals surface area contributed by atoms with Crippen molar-refractivity contribution in [3.8, 4) is 0 Å². The summed E-state index contributed by atoms with van der Waals surface area (Å²) >= 11 is 0. The van der Waals surface area contributed by atoms with Gasteiger partial charge in [-0.25, -0.2) is 4.57 Å². The van der Waals surface area contributed by atoms with Crippen molar-refractivity contribution in [2.75, 3.05) is 46.2 Å². The summed E-state index contributed by atoms with van der Waals surface area (Å²) < 4.78 is 75.6. The van der Waals surface area contributed by atoms with Crippen LogP contribution in [0.1, 0.15) is 27.8 Å². The van der Waals surface area contributed by atoms with Crippen molar-refractivity contribution in [2.45, 2.75) is 75.9 Å². The van der Waals surface area contributed by atoms with Crippen LogP contribution < -0.4 is 0 Å². The summed E-state index contributed by atoms with van der Waals surface area (Å²) in [6.45, 7) is -0.00805. The zero-order valence-electron chi connectivity index (χ0n) is 36.6. The maximum atomic E-state index is 13.6. The average Bonchev–Trinajstić information content (AvgIpc) is 3.67. The normalized spacial score (nSPS) is 19.4. The fourth-order valence-corrected chi connectivity index (χ4v) is 7.93. The molecule has 0 radical (unpaired) electrons. The average molecular weight is 928 g/mol. The number of hydrogen-bond acceptors (Lipinski definition) is 13. The van der Waals surface area contributed by atoms with Crippen molar-refractivity contribution in [1.82, 2.24) is 0 Å². The third kappa shape index (κ3) is 17.4. The molecule has 5 aromatic carbocycles. The second kappa shape index (κ2) is 28.4. The van der Waals surface area contributed by atoms with E-state index in [1.807, 2.05) is 152 Å². The Labute approximate surface area is 385 Å². The largest absolute Gasteiger partial charge is 0.472 e. The van der Waals surface area contributed by atoms with Gasteiger partial charge in [-0.3, -0.25) is 9.05 Å². The Kier molecular flexibility index (Phi) is 21.7. The van der Waals surface area contributed by atoms with E-state index in [9.17, 15) is 14.6 Å². The fraction of sp³-hybridized carbons (Fsp3) is 0.388. The molecule has 0 saturated carbocycles. The highest BCUT2D eigenvalue weighted by atomic mass is 31.2. The number of benzene rings is 5. The van der Waals surface area contributed by atoms with Crippen molar-refractivity contribution in [1.29, 1.82) is 0 Å². The van der Waals surface area contributed by atoms with Gasteiger partial charge in [0.25, 0.3) is 0 Å². The minimum absolute atomic E-state index is 0.0679. The lowest BCUT2D eigenvalue weighted by Crippen LogP contribution is -2.48. The number of ether oxygens (including phenoxy) is 8. The van der Waals surface area contributed by atoms with E-state index in [4.69, 9.17) is 52.5 Å². The summed E-state index contributed by atoms with van der Waals surface area (Å²) in [4.78, 5) is 13.8. The number of phosphoric ester groups is 1. The minimum Gasteiger partial charge on any atom is -0.394 e. The SMILES string of the molecule is [N-]=[N+]=NCCOCCOP(=O)(O)O[C@@H]1C(OCc2ccccc2)[C@H](OCC(OCc2ccccc2)C(OCc2ccccc2)C(CO)OCc2ccccc2)O[C@@H]1COCc1ccccc1. The first-order chi connectivity index (χ1) is 32.4. The highest BCUT2D eigenvalue weighted by molar-refractivity contribution is 7.47. The van der Waals surface area contributed by atoms with Crippen LogP contribution in [-0.2, 0) is 84.5 Å². The van der Waals surface area contributed by atoms with Gasteiger partial charge in [0.15, 0.2) is 6.29 Å². The van der Waals surface area contributed by atoms with Crippen LogP contribution >= 0.6 is 7.82 Å². The number of rotatable bonds is 31. The lowest BCUT2D eigenvalue weighted by Gasteiger charge is -2.34.